The molecular weight excluding hydrogens is 436 g/mol. The van der Waals surface area contributed by atoms with Crippen LogP contribution < -0.4 is 5.32 Å². The summed E-state index contributed by atoms with van der Waals surface area (Å²) in [6.45, 7) is 5.47. The molecule has 1 saturated heterocycles. The number of nitrogens with zero attached hydrogens (tertiary/aromatic N) is 3. The van der Waals surface area contributed by atoms with Crippen LogP contribution in [-0.2, 0) is 21.4 Å². The number of likely N-dealkylation sites (N-methyl/N-ethyl adjacent to an activating group) is 1. The van der Waals surface area contributed by atoms with E-state index in [2.05, 4.69) is 17.1 Å². The first-order chi connectivity index (χ1) is 14.9. The molecule has 1 aliphatic rings. The first-order valence-electron chi connectivity index (χ1n) is 10.2. The predicted octanol–water partition coefficient (Wildman–Crippen LogP) is 3.26. The van der Waals surface area contributed by atoms with Crippen LogP contribution in [0.25, 0.3) is 10.9 Å². The zero-order valence-electron chi connectivity index (χ0n) is 17.3. The van der Waals surface area contributed by atoms with E-state index in [0.29, 0.717) is 23.8 Å². The second kappa shape index (κ2) is 9.00. The number of rotatable bonds is 6. The molecule has 2 aromatic carbocycles. The van der Waals surface area contributed by atoms with E-state index in [4.69, 9.17) is 11.6 Å². The maximum atomic E-state index is 13.0. The Kier molecular flexibility index (Phi) is 6.34. The Morgan fingerprint density at radius 2 is 1.84 bits per heavy atom. The monoisotopic (exact) mass is 460 g/mol. The summed E-state index contributed by atoms with van der Waals surface area (Å²) in [6, 6.07) is 13.9. The maximum Gasteiger partial charge on any atom is 0.244 e. The number of amides is 1. The van der Waals surface area contributed by atoms with Gasteiger partial charge in [0.15, 0.2) is 0 Å². The highest BCUT2D eigenvalue weighted by atomic mass is 35.5. The summed E-state index contributed by atoms with van der Waals surface area (Å²) in [7, 11) is -3.60. The van der Waals surface area contributed by atoms with E-state index in [1.807, 2.05) is 35.0 Å². The van der Waals surface area contributed by atoms with Gasteiger partial charge in [-0.2, -0.15) is 4.31 Å². The zero-order chi connectivity index (χ0) is 22.0. The van der Waals surface area contributed by atoms with Gasteiger partial charge in [0.05, 0.1) is 4.90 Å². The minimum Gasteiger partial charge on any atom is -0.338 e. The molecule has 1 fully saturated rings. The predicted molar refractivity (Wildman–Crippen MR) is 123 cm³/mol. The molecule has 0 spiro atoms. The number of hydrogen-bond acceptors (Lipinski definition) is 4. The number of sulfonamides is 1. The maximum absolute atomic E-state index is 13.0. The summed E-state index contributed by atoms with van der Waals surface area (Å²) in [6.07, 6.45) is 1.83. The molecule has 164 valence electrons. The molecule has 0 unspecified atom stereocenters. The number of fused-ring (bicyclic) bond motifs is 1. The van der Waals surface area contributed by atoms with Gasteiger partial charge in [0.25, 0.3) is 0 Å². The van der Waals surface area contributed by atoms with E-state index in [0.717, 1.165) is 30.5 Å². The first-order valence-corrected chi connectivity index (χ1v) is 12.1. The first kappa shape index (κ1) is 21.8. The van der Waals surface area contributed by atoms with Crippen molar-refractivity contribution in [3.63, 3.8) is 0 Å². The molecule has 4 rings (SSSR count). The third kappa shape index (κ3) is 4.77. The van der Waals surface area contributed by atoms with Crippen LogP contribution >= 0.6 is 11.6 Å². The molecule has 0 saturated carbocycles. The molecule has 1 N–H and O–H groups in total. The van der Waals surface area contributed by atoms with Crippen LogP contribution in [0.5, 0.6) is 0 Å². The number of anilines is 1. The second-order valence-corrected chi connectivity index (χ2v) is 9.94. The van der Waals surface area contributed by atoms with Gasteiger partial charge < -0.3 is 14.8 Å². The molecule has 1 aromatic heterocycles. The van der Waals surface area contributed by atoms with Crippen LogP contribution in [0.3, 0.4) is 0 Å². The topological polar surface area (TPSA) is 74.7 Å². The van der Waals surface area contributed by atoms with Gasteiger partial charge in [-0.25, -0.2) is 8.42 Å². The lowest BCUT2D eigenvalue weighted by atomic mass is 10.2. The lowest BCUT2D eigenvalue weighted by molar-refractivity contribution is -0.116. The Morgan fingerprint density at radius 1 is 1.06 bits per heavy atom. The average Bonchev–Trinajstić information content (AvgIpc) is 3.15. The van der Waals surface area contributed by atoms with E-state index < -0.39 is 10.0 Å². The van der Waals surface area contributed by atoms with E-state index in [9.17, 15) is 13.2 Å². The molecule has 3 aromatic rings. The Labute approximate surface area is 187 Å². The van der Waals surface area contributed by atoms with Crippen molar-refractivity contribution in [2.75, 3.05) is 38.0 Å². The Balaban J connectivity index is 1.46. The fourth-order valence-electron chi connectivity index (χ4n) is 3.82. The number of carbonyl (C=O) groups excluding carboxylic acids is 1. The highest BCUT2D eigenvalue weighted by Gasteiger charge is 2.28. The molecular formula is C22H25ClN4O3S. The summed E-state index contributed by atoms with van der Waals surface area (Å²) in [5, 5.41) is 4.40. The molecule has 2 heterocycles. The highest BCUT2D eigenvalue weighted by molar-refractivity contribution is 7.89. The number of carbonyl (C=O) groups is 1. The molecule has 0 aliphatic carbocycles. The lowest BCUT2D eigenvalue weighted by Gasteiger charge is -2.33. The molecule has 0 radical (unpaired) electrons. The Morgan fingerprint density at radius 3 is 2.58 bits per heavy atom. The fourth-order valence-corrected chi connectivity index (χ4v) is 5.45. The van der Waals surface area contributed by atoms with Gasteiger partial charge in [0, 0.05) is 48.6 Å². The van der Waals surface area contributed by atoms with Gasteiger partial charge in [-0.1, -0.05) is 30.7 Å². The third-order valence-corrected chi connectivity index (χ3v) is 7.71. The Hall–Kier alpha value is -2.39. The van der Waals surface area contributed by atoms with Crippen molar-refractivity contribution in [1.82, 2.24) is 13.8 Å². The minimum atomic E-state index is -3.60. The summed E-state index contributed by atoms with van der Waals surface area (Å²) >= 11 is 6.08. The van der Waals surface area contributed by atoms with Crippen LogP contribution in [0.2, 0.25) is 5.02 Å². The number of nitrogens with one attached hydrogen (secondary N) is 1. The Bertz CT molecular complexity index is 1200. The number of halogens is 1. The molecule has 9 heteroatoms. The number of piperazine rings is 1. The van der Waals surface area contributed by atoms with Crippen molar-refractivity contribution in [2.45, 2.75) is 18.4 Å². The van der Waals surface area contributed by atoms with Gasteiger partial charge in [0.1, 0.15) is 6.54 Å². The molecule has 7 nitrogen and oxygen atoms in total. The summed E-state index contributed by atoms with van der Waals surface area (Å²) in [4.78, 5) is 15.0. The highest BCUT2D eigenvalue weighted by Crippen LogP contribution is 2.22. The van der Waals surface area contributed by atoms with Gasteiger partial charge >= 0.3 is 0 Å². The molecule has 31 heavy (non-hydrogen) atoms. The quantitative estimate of drug-likeness (QED) is 0.612. The summed E-state index contributed by atoms with van der Waals surface area (Å²) < 4.78 is 29.4. The van der Waals surface area contributed by atoms with Crippen molar-refractivity contribution in [3.05, 3.63) is 59.8 Å². The molecule has 1 amide bonds. The zero-order valence-corrected chi connectivity index (χ0v) is 18.9. The fraction of sp³-hybridized carbons (Fsp3) is 0.318. The van der Waals surface area contributed by atoms with Gasteiger partial charge in [-0.05, 0) is 48.3 Å². The summed E-state index contributed by atoms with van der Waals surface area (Å²) in [5.41, 5.74) is 1.32. The standard InChI is InChI=1S/C22H25ClN4O3S/c1-2-25-10-12-27(13-11-25)31(29,30)20-5-3-4-19(15-20)24-22(28)16-26-9-8-17-6-7-18(23)14-21(17)26/h3-9,14-15H,2,10-13,16H2,1H3,(H,24,28). The van der Waals surface area contributed by atoms with Gasteiger partial charge in [0.2, 0.25) is 15.9 Å². The number of hydrogen-bond donors (Lipinski definition) is 1. The van der Waals surface area contributed by atoms with Crippen LogP contribution in [0.15, 0.2) is 59.6 Å². The van der Waals surface area contributed by atoms with E-state index in [-0.39, 0.29) is 17.3 Å². The smallest absolute Gasteiger partial charge is 0.244 e. The van der Waals surface area contributed by atoms with Crippen molar-refractivity contribution in [3.8, 4) is 0 Å². The van der Waals surface area contributed by atoms with Crippen molar-refractivity contribution in [2.24, 2.45) is 0 Å². The number of benzene rings is 2. The second-order valence-electron chi connectivity index (χ2n) is 7.56. The minimum absolute atomic E-state index is 0.0970. The third-order valence-electron chi connectivity index (χ3n) is 5.58. The molecule has 0 bridgehead atoms. The van der Waals surface area contributed by atoms with Crippen LogP contribution in [-0.4, -0.2) is 60.8 Å². The van der Waals surface area contributed by atoms with E-state index >= 15 is 0 Å². The van der Waals surface area contributed by atoms with Crippen LogP contribution in [0, 0.1) is 0 Å². The average molecular weight is 461 g/mol. The van der Waals surface area contributed by atoms with E-state index in [1.165, 1.54) is 10.4 Å². The van der Waals surface area contributed by atoms with Crippen molar-refractivity contribution in [1.29, 1.82) is 0 Å². The van der Waals surface area contributed by atoms with Crippen LogP contribution in [0.4, 0.5) is 5.69 Å². The number of aromatic nitrogens is 1. The van der Waals surface area contributed by atoms with Crippen molar-refractivity contribution < 1.29 is 13.2 Å². The SMILES string of the molecule is CCN1CCN(S(=O)(=O)c2cccc(NC(=O)Cn3ccc4ccc(Cl)cc43)c2)CC1. The van der Waals surface area contributed by atoms with Crippen LogP contribution in [0.1, 0.15) is 6.92 Å². The lowest BCUT2D eigenvalue weighted by Crippen LogP contribution is -2.48. The van der Waals surface area contributed by atoms with Gasteiger partial charge in [-0.15, -0.1) is 0 Å². The van der Waals surface area contributed by atoms with Crippen molar-refractivity contribution >= 4 is 44.1 Å². The molecule has 1 aliphatic heterocycles. The molecule has 0 atom stereocenters. The largest absolute Gasteiger partial charge is 0.338 e. The van der Waals surface area contributed by atoms with Gasteiger partial charge in [-0.3, -0.25) is 4.79 Å². The van der Waals surface area contributed by atoms with E-state index in [1.54, 1.807) is 18.2 Å². The summed E-state index contributed by atoms with van der Waals surface area (Å²) in [5.74, 6) is -0.247. The normalized spacial score (nSPS) is 15.9.